The van der Waals surface area contributed by atoms with Gasteiger partial charge in [0, 0.05) is 36.7 Å². The quantitative estimate of drug-likeness (QED) is 0.856. The number of carbonyl (C=O) groups is 1. The Balaban J connectivity index is 1.84. The van der Waals surface area contributed by atoms with Gasteiger partial charge in [-0.1, -0.05) is 11.6 Å². The Hall–Kier alpha value is -1.26. The van der Waals surface area contributed by atoms with Gasteiger partial charge >= 0.3 is 0 Å². The Morgan fingerprint density at radius 1 is 1.14 bits per heavy atom. The molecule has 1 aliphatic heterocycles. The van der Waals surface area contributed by atoms with E-state index in [1.54, 1.807) is 24.3 Å². The van der Waals surface area contributed by atoms with Gasteiger partial charge in [-0.05, 0) is 51.5 Å². The first kappa shape index (κ1) is 17.1. The molecular formula is C17H25ClN2O2. The van der Waals surface area contributed by atoms with Crippen LogP contribution in [0, 0.1) is 0 Å². The number of rotatable bonds is 3. The minimum atomic E-state index is 0.0470. The van der Waals surface area contributed by atoms with Crippen molar-refractivity contribution in [2.75, 3.05) is 32.8 Å². The SMILES string of the molecule is CC(C)(C)N1CCCN(C(=O)COc2ccc(Cl)cc2)CC1. The fraction of sp³-hybridized carbons (Fsp3) is 0.588. The van der Waals surface area contributed by atoms with Gasteiger partial charge in [0.2, 0.25) is 0 Å². The lowest BCUT2D eigenvalue weighted by Gasteiger charge is -2.34. The van der Waals surface area contributed by atoms with Crippen LogP contribution in [0.2, 0.25) is 5.02 Å². The Labute approximate surface area is 138 Å². The summed E-state index contributed by atoms with van der Waals surface area (Å²) < 4.78 is 5.55. The molecule has 1 amide bonds. The zero-order valence-electron chi connectivity index (χ0n) is 13.6. The molecule has 0 radical (unpaired) electrons. The van der Waals surface area contributed by atoms with Crippen molar-refractivity contribution in [3.05, 3.63) is 29.3 Å². The molecule has 1 aromatic rings. The largest absolute Gasteiger partial charge is 0.484 e. The van der Waals surface area contributed by atoms with Crippen LogP contribution in [0.5, 0.6) is 5.75 Å². The third-order valence-corrected chi connectivity index (χ3v) is 4.23. The van der Waals surface area contributed by atoms with E-state index in [0.717, 1.165) is 32.6 Å². The van der Waals surface area contributed by atoms with Gasteiger partial charge in [-0.2, -0.15) is 0 Å². The first-order valence-electron chi connectivity index (χ1n) is 7.77. The third-order valence-electron chi connectivity index (χ3n) is 3.97. The second-order valence-corrected chi connectivity index (χ2v) is 7.07. The second-order valence-electron chi connectivity index (χ2n) is 6.63. The van der Waals surface area contributed by atoms with Crippen LogP contribution in [0.3, 0.4) is 0 Å². The number of nitrogens with zero attached hydrogens (tertiary/aromatic N) is 2. The van der Waals surface area contributed by atoms with E-state index in [9.17, 15) is 4.79 Å². The van der Waals surface area contributed by atoms with Crippen LogP contribution in [0.15, 0.2) is 24.3 Å². The lowest BCUT2D eigenvalue weighted by atomic mass is 10.1. The van der Waals surface area contributed by atoms with E-state index in [1.165, 1.54) is 0 Å². The van der Waals surface area contributed by atoms with Crippen molar-refractivity contribution in [1.29, 1.82) is 0 Å². The molecule has 1 heterocycles. The number of benzene rings is 1. The predicted molar refractivity (Wildman–Crippen MR) is 89.5 cm³/mol. The van der Waals surface area contributed by atoms with Crippen LogP contribution < -0.4 is 4.74 Å². The van der Waals surface area contributed by atoms with E-state index in [-0.39, 0.29) is 18.1 Å². The van der Waals surface area contributed by atoms with Crippen molar-refractivity contribution in [2.24, 2.45) is 0 Å². The standard InChI is InChI=1S/C17H25ClN2O2/c1-17(2,3)20-10-4-9-19(11-12-20)16(21)13-22-15-7-5-14(18)6-8-15/h5-8H,4,9-13H2,1-3H3. The van der Waals surface area contributed by atoms with E-state index in [2.05, 4.69) is 25.7 Å². The highest BCUT2D eigenvalue weighted by molar-refractivity contribution is 6.30. The number of halogens is 1. The van der Waals surface area contributed by atoms with E-state index >= 15 is 0 Å². The molecule has 4 nitrogen and oxygen atoms in total. The van der Waals surface area contributed by atoms with E-state index < -0.39 is 0 Å². The Morgan fingerprint density at radius 2 is 1.82 bits per heavy atom. The first-order chi connectivity index (χ1) is 10.4. The summed E-state index contributed by atoms with van der Waals surface area (Å²) in [5, 5.41) is 0.661. The van der Waals surface area contributed by atoms with Gasteiger partial charge in [0.05, 0.1) is 0 Å². The maximum Gasteiger partial charge on any atom is 0.260 e. The molecule has 0 N–H and O–H groups in total. The number of ether oxygens (including phenoxy) is 1. The molecular weight excluding hydrogens is 300 g/mol. The van der Waals surface area contributed by atoms with Crippen LogP contribution in [-0.2, 0) is 4.79 Å². The van der Waals surface area contributed by atoms with Crippen LogP contribution >= 0.6 is 11.6 Å². The zero-order valence-corrected chi connectivity index (χ0v) is 14.4. The minimum Gasteiger partial charge on any atom is -0.484 e. The molecule has 0 unspecified atom stereocenters. The van der Waals surface area contributed by atoms with Crippen LogP contribution in [-0.4, -0.2) is 54.0 Å². The van der Waals surface area contributed by atoms with Crippen LogP contribution in [0.1, 0.15) is 27.2 Å². The molecule has 1 aromatic carbocycles. The zero-order chi connectivity index (χ0) is 16.2. The van der Waals surface area contributed by atoms with Gasteiger partial charge in [0.1, 0.15) is 5.75 Å². The number of hydrogen-bond acceptors (Lipinski definition) is 3. The molecule has 5 heteroatoms. The third kappa shape index (κ3) is 4.89. The highest BCUT2D eigenvalue weighted by Gasteiger charge is 2.25. The first-order valence-corrected chi connectivity index (χ1v) is 8.15. The molecule has 0 spiro atoms. The highest BCUT2D eigenvalue weighted by atomic mass is 35.5. The molecule has 0 atom stereocenters. The van der Waals surface area contributed by atoms with Gasteiger partial charge in [0.15, 0.2) is 6.61 Å². The summed E-state index contributed by atoms with van der Waals surface area (Å²) in [4.78, 5) is 16.6. The second kappa shape index (κ2) is 7.34. The molecule has 0 aliphatic carbocycles. The Morgan fingerprint density at radius 3 is 2.45 bits per heavy atom. The highest BCUT2D eigenvalue weighted by Crippen LogP contribution is 2.17. The lowest BCUT2D eigenvalue weighted by molar-refractivity contribution is -0.133. The number of carbonyl (C=O) groups excluding carboxylic acids is 1. The van der Waals surface area contributed by atoms with Crippen LogP contribution in [0.4, 0.5) is 0 Å². The average molecular weight is 325 g/mol. The van der Waals surface area contributed by atoms with Crippen LogP contribution in [0.25, 0.3) is 0 Å². The van der Waals surface area contributed by atoms with E-state index in [4.69, 9.17) is 16.3 Å². The fourth-order valence-corrected chi connectivity index (χ4v) is 2.73. The van der Waals surface area contributed by atoms with Crippen molar-refractivity contribution in [3.63, 3.8) is 0 Å². The topological polar surface area (TPSA) is 32.8 Å². The van der Waals surface area contributed by atoms with Crippen molar-refractivity contribution in [2.45, 2.75) is 32.7 Å². The van der Waals surface area contributed by atoms with E-state index in [1.807, 2.05) is 4.90 Å². The van der Waals surface area contributed by atoms with Crippen molar-refractivity contribution >= 4 is 17.5 Å². The summed E-state index contributed by atoms with van der Waals surface area (Å²) in [5.41, 5.74) is 0.152. The smallest absolute Gasteiger partial charge is 0.260 e. The Bertz CT molecular complexity index is 496. The maximum atomic E-state index is 12.3. The maximum absolute atomic E-state index is 12.3. The van der Waals surface area contributed by atoms with E-state index in [0.29, 0.717) is 10.8 Å². The minimum absolute atomic E-state index is 0.0470. The average Bonchev–Trinajstić information content (AvgIpc) is 2.72. The monoisotopic (exact) mass is 324 g/mol. The normalized spacial score (nSPS) is 17.2. The summed E-state index contributed by atoms with van der Waals surface area (Å²) in [7, 11) is 0. The molecule has 1 fully saturated rings. The lowest BCUT2D eigenvalue weighted by Crippen LogP contribution is -2.44. The predicted octanol–water partition coefficient (Wildman–Crippen LogP) is 3.05. The molecule has 1 saturated heterocycles. The number of hydrogen-bond donors (Lipinski definition) is 0. The summed E-state index contributed by atoms with van der Waals surface area (Å²) in [5.74, 6) is 0.717. The van der Waals surface area contributed by atoms with Crippen molar-refractivity contribution in [1.82, 2.24) is 9.80 Å². The Kier molecular flexibility index (Phi) is 5.70. The molecule has 122 valence electrons. The van der Waals surface area contributed by atoms with Crippen molar-refractivity contribution in [3.8, 4) is 5.75 Å². The summed E-state index contributed by atoms with van der Waals surface area (Å²) in [6.07, 6.45) is 1.00. The summed E-state index contributed by atoms with van der Waals surface area (Å²) in [6.45, 7) is 10.2. The van der Waals surface area contributed by atoms with Gasteiger partial charge in [0.25, 0.3) is 5.91 Å². The van der Waals surface area contributed by atoms with Gasteiger partial charge in [-0.15, -0.1) is 0 Å². The van der Waals surface area contributed by atoms with Gasteiger partial charge in [-0.25, -0.2) is 0 Å². The molecule has 0 aromatic heterocycles. The van der Waals surface area contributed by atoms with Gasteiger partial charge in [-0.3, -0.25) is 9.69 Å². The molecule has 0 saturated carbocycles. The summed E-state index contributed by atoms with van der Waals surface area (Å²) in [6, 6.07) is 7.07. The number of amides is 1. The molecule has 1 aliphatic rings. The summed E-state index contributed by atoms with van der Waals surface area (Å²) >= 11 is 5.83. The molecule has 2 rings (SSSR count). The molecule has 22 heavy (non-hydrogen) atoms. The van der Waals surface area contributed by atoms with Gasteiger partial charge < -0.3 is 9.64 Å². The molecule has 0 bridgehead atoms. The van der Waals surface area contributed by atoms with Crippen molar-refractivity contribution < 1.29 is 9.53 Å². The fourth-order valence-electron chi connectivity index (χ4n) is 2.60.